The zero-order chi connectivity index (χ0) is 15.8. The molecule has 0 aliphatic carbocycles. The van der Waals surface area contributed by atoms with Gasteiger partial charge in [0.05, 0.1) is 4.90 Å². The molecule has 1 aromatic heterocycles. The van der Waals surface area contributed by atoms with Crippen LogP contribution in [0.1, 0.15) is 21.7 Å². The molecule has 0 aliphatic rings. The van der Waals surface area contributed by atoms with Gasteiger partial charge in [0.2, 0.25) is 0 Å². The van der Waals surface area contributed by atoms with E-state index in [0.29, 0.717) is 5.82 Å². The number of carboxylic acid groups (broad SMARTS) is 1. The summed E-state index contributed by atoms with van der Waals surface area (Å²) in [5, 5.41) is 24.6. The highest BCUT2D eigenvalue weighted by Gasteiger charge is 2.23. The fourth-order valence-electron chi connectivity index (χ4n) is 1.70. The molecule has 0 unspecified atom stereocenters. The monoisotopic (exact) mass is 312 g/mol. The quantitative estimate of drug-likeness (QED) is 0.647. The van der Waals surface area contributed by atoms with Crippen LogP contribution in [0.3, 0.4) is 0 Å². The normalized spacial score (nSPS) is 11.3. The molecule has 0 spiro atoms. The number of benzene rings is 1. The van der Waals surface area contributed by atoms with Gasteiger partial charge < -0.3 is 10.2 Å². The summed E-state index contributed by atoms with van der Waals surface area (Å²) in [6.07, 6.45) is 0. The number of hydrogen-bond acceptors (Lipinski definition) is 6. The molecule has 0 saturated heterocycles. The van der Waals surface area contributed by atoms with Crippen LogP contribution in [0.15, 0.2) is 17.0 Å². The number of hydrogen-bond donors (Lipinski definition) is 4. The van der Waals surface area contributed by atoms with Crippen molar-refractivity contribution in [3.05, 3.63) is 29.1 Å². The second kappa shape index (κ2) is 5.05. The number of nitrogens with one attached hydrogen (secondary N) is 2. The Labute approximate surface area is 119 Å². The number of anilines is 1. The highest BCUT2D eigenvalue weighted by atomic mass is 32.2. The SMILES string of the molecule is Cc1nc(NS(=O)(=O)c2cc(C(=O)O)c(O)cc2C)n[nH]1. The minimum Gasteiger partial charge on any atom is -0.507 e. The first-order valence-electron chi connectivity index (χ1n) is 5.69. The van der Waals surface area contributed by atoms with Crippen molar-refractivity contribution in [3.63, 3.8) is 0 Å². The standard InChI is InChI=1S/C11H12N4O5S/c1-5-3-8(16)7(10(17)18)4-9(5)21(19,20)15-11-12-6(2)13-14-11/h3-4,16H,1-2H3,(H,17,18)(H2,12,13,14,15). The Hall–Kier alpha value is -2.62. The van der Waals surface area contributed by atoms with E-state index in [1.807, 2.05) is 0 Å². The first kappa shape index (κ1) is 14.8. The van der Waals surface area contributed by atoms with Gasteiger partial charge in [0, 0.05) is 0 Å². The van der Waals surface area contributed by atoms with E-state index in [1.165, 1.54) is 6.92 Å². The molecule has 4 N–H and O–H groups in total. The highest BCUT2D eigenvalue weighted by molar-refractivity contribution is 7.92. The summed E-state index contributed by atoms with van der Waals surface area (Å²) in [6, 6.07) is 1.95. The number of aryl methyl sites for hydroxylation is 2. The summed E-state index contributed by atoms with van der Waals surface area (Å²) < 4.78 is 26.6. The third-order valence-electron chi connectivity index (χ3n) is 2.64. The van der Waals surface area contributed by atoms with Crippen molar-refractivity contribution in [2.45, 2.75) is 18.7 Å². The van der Waals surface area contributed by atoms with Gasteiger partial charge in [-0.2, -0.15) is 4.98 Å². The van der Waals surface area contributed by atoms with E-state index in [1.54, 1.807) is 6.92 Å². The molecule has 0 radical (unpaired) electrons. The zero-order valence-electron chi connectivity index (χ0n) is 11.1. The van der Waals surface area contributed by atoms with E-state index < -0.39 is 27.3 Å². The van der Waals surface area contributed by atoms with E-state index in [4.69, 9.17) is 5.11 Å². The number of carbonyl (C=O) groups is 1. The van der Waals surface area contributed by atoms with Crippen LogP contribution in [0.5, 0.6) is 5.75 Å². The smallest absolute Gasteiger partial charge is 0.339 e. The van der Waals surface area contributed by atoms with Gasteiger partial charge in [-0.25, -0.2) is 17.9 Å². The Morgan fingerprint density at radius 2 is 2.00 bits per heavy atom. The van der Waals surface area contributed by atoms with Crippen molar-refractivity contribution in [3.8, 4) is 5.75 Å². The molecule has 1 aromatic carbocycles. The predicted octanol–water partition coefficient (Wildman–Crippen LogP) is 0.626. The van der Waals surface area contributed by atoms with Crippen molar-refractivity contribution < 1.29 is 23.4 Å². The lowest BCUT2D eigenvalue weighted by atomic mass is 10.1. The lowest BCUT2D eigenvalue weighted by Gasteiger charge is -2.10. The van der Waals surface area contributed by atoms with Gasteiger partial charge in [-0.15, -0.1) is 5.10 Å². The Morgan fingerprint density at radius 1 is 1.33 bits per heavy atom. The highest BCUT2D eigenvalue weighted by Crippen LogP contribution is 2.26. The maximum absolute atomic E-state index is 12.2. The molecule has 0 bridgehead atoms. The second-order valence-corrected chi connectivity index (χ2v) is 5.94. The fraction of sp³-hybridized carbons (Fsp3) is 0.182. The molecule has 0 aliphatic heterocycles. The van der Waals surface area contributed by atoms with Gasteiger partial charge in [-0.3, -0.25) is 5.10 Å². The molecule has 0 saturated carbocycles. The van der Waals surface area contributed by atoms with Gasteiger partial charge in [0.1, 0.15) is 17.1 Å². The van der Waals surface area contributed by atoms with Crippen molar-refractivity contribution >= 4 is 21.9 Å². The molecular formula is C11H12N4O5S. The van der Waals surface area contributed by atoms with E-state index in [9.17, 15) is 18.3 Å². The Balaban J connectivity index is 2.49. The Kier molecular flexibility index (Phi) is 3.56. The van der Waals surface area contributed by atoms with E-state index in [2.05, 4.69) is 19.9 Å². The average molecular weight is 312 g/mol. The number of aromatic hydroxyl groups is 1. The summed E-state index contributed by atoms with van der Waals surface area (Å²) in [6.45, 7) is 3.03. The number of aromatic nitrogens is 3. The molecule has 0 amide bonds. The van der Waals surface area contributed by atoms with Crippen LogP contribution >= 0.6 is 0 Å². The minimum atomic E-state index is -4.07. The average Bonchev–Trinajstić information content (AvgIpc) is 2.72. The first-order valence-corrected chi connectivity index (χ1v) is 7.18. The summed E-state index contributed by atoms with van der Waals surface area (Å²) in [4.78, 5) is 14.5. The fourth-order valence-corrected chi connectivity index (χ4v) is 2.89. The number of phenols is 1. The zero-order valence-corrected chi connectivity index (χ0v) is 11.9. The Bertz CT molecular complexity index is 812. The molecular weight excluding hydrogens is 300 g/mol. The van der Waals surface area contributed by atoms with Gasteiger partial charge in [-0.1, -0.05) is 0 Å². The molecule has 21 heavy (non-hydrogen) atoms. The lowest BCUT2D eigenvalue weighted by Crippen LogP contribution is -2.16. The number of aromatic carboxylic acids is 1. The van der Waals surface area contributed by atoms with E-state index in [-0.39, 0.29) is 16.4 Å². The first-order chi connectivity index (χ1) is 9.70. The number of rotatable bonds is 4. The van der Waals surface area contributed by atoms with Crippen LogP contribution in [0.2, 0.25) is 0 Å². The van der Waals surface area contributed by atoms with Gasteiger partial charge in [-0.05, 0) is 31.5 Å². The van der Waals surface area contributed by atoms with Gasteiger partial charge in [0.15, 0.2) is 0 Å². The van der Waals surface area contributed by atoms with Crippen molar-refractivity contribution in [2.24, 2.45) is 0 Å². The number of aromatic amines is 1. The third kappa shape index (κ3) is 2.94. The van der Waals surface area contributed by atoms with Crippen molar-refractivity contribution in [2.75, 3.05) is 4.72 Å². The maximum atomic E-state index is 12.2. The number of H-pyrrole nitrogens is 1. The van der Waals surface area contributed by atoms with E-state index >= 15 is 0 Å². The number of sulfonamides is 1. The van der Waals surface area contributed by atoms with E-state index in [0.717, 1.165) is 12.1 Å². The minimum absolute atomic E-state index is 0.156. The topological polar surface area (TPSA) is 145 Å². The summed E-state index contributed by atoms with van der Waals surface area (Å²) in [5.74, 6) is -1.68. The molecule has 10 heteroatoms. The molecule has 0 atom stereocenters. The maximum Gasteiger partial charge on any atom is 0.339 e. The van der Waals surface area contributed by atoms with Crippen molar-refractivity contribution in [1.82, 2.24) is 15.2 Å². The summed E-state index contributed by atoms with van der Waals surface area (Å²) in [5.41, 5.74) is -0.315. The van der Waals surface area contributed by atoms with Crippen LogP contribution in [-0.2, 0) is 10.0 Å². The molecule has 0 fully saturated rings. The molecule has 2 rings (SSSR count). The number of nitrogens with zero attached hydrogens (tertiary/aromatic N) is 2. The Morgan fingerprint density at radius 3 is 2.52 bits per heavy atom. The summed E-state index contributed by atoms with van der Waals surface area (Å²) in [7, 11) is -4.07. The molecule has 2 aromatic rings. The van der Waals surface area contributed by atoms with Crippen LogP contribution < -0.4 is 4.72 Å². The summed E-state index contributed by atoms with van der Waals surface area (Å²) >= 11 is 0. The van der Waals surface area contributed by atoms with Gasteiger partial charge in [0.25, 0.3) is 16.0 Å². The molecule has 9 nitrogen and oxygen atoms in total. The van der Waals surface area contributed by atoms with Crippen LogP contribution in [0.4, 0.5) is 5.95 Å². The third-order valence-corrected chi connectivity index (χ3v) is 4.11. The number of carboxylic acids is 1. The second-order valence-electron chi connectivity index (χ2n) is 4.29. The molecule has 1 heterocycles. The lowest BCUT2D eigenvalue weighted by molar-refractivity contribution is 0.0693. The molecule has 112 valence electrons. The van der Waals surface area contributed by atoms with Crippen LogP contribution in [0, 0.1) is 13.8 Å². The van der Waals surface area contributed by atoms with Gasteiger partial charge >= 0.3 is 5.97 Å². The predicted molar refractivity (Wildman–Crippen MR) is 71.7 cm³/mol. The van der Waals surface area contributed by atoms with Crippen LogP contribution in [0.25, 0.3) is 0 Å². The van der Waals surface area contributed by atoms with Crippen LogP contribution in [-0.4, -0.2) is 39.8 Å². The van der Waals surface area contributed by atoms with Crippen molar-refractivity contribution in [1.29, 1.82) is 0 Å². The largest absolute Gasteiger partial charge is 0.507 e.